The summed E-state index contributed by atoms with van der Waals surface area (Å²) in [6.07, 6.45) is 2.03. The molecule has 0 radical (unpaired) electrons. The molecule has 0 atom stereocenters. The van der Waals surface area contributed by atoms with E-state index in [1.807, 2.05) is 6.07 Å². The summed E-state index contributed by atoms with van der Waals surface area (Å²) >= 11 is 11.0. The predicted octanol–water partition coefficient (Wildman–Crippen LogP) is 2.53. The summed E-state index contributed by atoms with van der Waals surface area (Å²) in [5, 5.41) is 0.530. The SMILES string of the molecule is NC(=S)c1ccc(OC2CCOCC2)cc1Cl. The number of rotatable bonds is 3. The minimum atomic E-state index is 0.204. The van der Waals surface area contributed by atoms with Crippen LogP contribution in [0.4, 0.5) is 0 Å². The van der Waals surface area contributed by atoms with Gasteiger partial charge in [0.2, 0.25) is 0 Å². The highest BCUT2D eigenvalue weighted by Gasteiger charge is 2.15. The van der Waals surface area contributed by atoms with Gasteiger partial charge in [0.25, 0.3) is 0 Å². The minimum Gasteiger partial charge on any atom is -0.490 e. The Morgan fingerprint density at radius 2 is 2.12 bits per heavy atom. The monoisotopic (exact) mass is 271 g/mol. The molecule has 0 bridgehead atoms. The zero-order valence-electron chi connectivity index (χ0n) is 9.32. The second-order valence-corrected chi connectivity index (χ2v) is 4.78. The molecule has 0 amide bonds. The summed E-state index contributed by atoms with van der Waals surface area (Å²) in [5.74, 6) is 0.752. The topological polar surface area (TPSA) is 44.5 Å². The fourth-order valence-electron chi connectivity index (χ4n) is 1.76. The molecule has 1 saturated heterocycles. The van der Waals surface area contributed by atoms with Gasteiger partial charge in [-0.1, -0.05) is 23.8 Å². The Hall–Kier alpha value is -0.840. The standard InChI is InChI=1S/C12H14ClNO2S/c13-11-7-9(1-2-10(11)12(14)17)16-8-3-5-15-6-4-8/h1-2,7-8H,3-6H2,(H2,14,17). The summed E-state index contributed by atoms with van der Waals surface area (Å²) < 4.78 is 11.1. The number of hydrogen-bond acceptors (Lipinski definition) is 3. The highest BCUT2D eigenvalue weighted by atomic mass is 35.5. The molecule has 1 aromatic rings. The molecular weight excluding hydrogens is 258 g/mol. The molecule has 2 rings (SSSR count). The molecule has 5 heteroatoms. The summed E-state index contributed by atoms with van der Waals surface area (Å²) in [4.78, 5) is 0.299. The fraction of sp³-hybridized carbons (Fsp3) is 0.417. The second kappa shape index (κ2) is 5.67. The molecule has 0 spiro atoms. The first-order valence-corrected chi connectivity index (χ1v) is 6.29. The molecule has 92 valence electrons. The Morgan fingerprint density at radius 3 is 2.71 bits per heavy atom. The van der Waals surface area contributed by atoms with Gasteiger partial charge in [-0.25, -0.2) is 0 Å². The van der Waals surface area contributed by atoms with Gasteiger partial charge in [0.15, 0.2) is 0 Å². The van der Waals surface area contributed by atoms with Gasteiger partial charge >= 0.3 is 0 Å². The largest absolute Gasteiger partial charge is 0.490 e. The fourth-order valence-corrected chi connectivity index (χ4v) is 2.26. The Balaban J connectivity index is 2.06. The lowest BCUT2D eigenvalue weighted by atomic mass is 10.1. The Labute approximate surface area is 111 Å². The molecular formula is C12H14ClNO2S. The minimum absolute atomic E-state index is 0.204. The van der Waals surface area contributed by atoms with Crippen LogP contribution in [-0.4, -0.2) is 24.3 Å². The normalized spacial score (nSPS) is 16.8. The zero-order valence-corrected chi connectivity index (χ0v) is 10.9. The highest BCUT2D eigenvalue weighted by molar-refractivity contribution is 7.80. The van der Waals surface area contributed by atoms with Crippen LogP contribution in [0.1, 0.15) is 18.4 Å². The van der Waals surface area contributed by atoms with E-state index < -0.39 is 0 Å². The van der Waals surface area contributed by atoms with Crippen LogP contribution >= 0.6 is 23.8 Å². The predicted molar refractivity (Wildman–Crippen MR) is 71.8 cm³/mol. The summed E-state index contributed by atoms with van der Waals surface area (Å²) in [5.41, 5.74) is 6.22. The average Bonchev–Trinajstić information content (AvgIpc) is 2.30. The first-order valence-electron chi connectivity index (χ1n) is 5.50. The Morgan fingerprint density at radius 1 is 1.41 bits per heavy atom. The van der Waals surface area contributed by atoms with E-state index in [0.717, 1.165) is 31.8 Å². The molecule has 2 N–H and O–H groups in total. The molecule has 1 aromatic carbocycles. The van der Waals surface area contributed by atoms with Crippen molar-refractivity contribution in [2.75, 3.05) is 13.2 Å². The lowest BCUT2D eigenvalue weighted by Gasteiger charge is -2.23. The summed E-state index contributed by atoms with van der Waals surface area (Å²) in [6.45, 7) is 1.51. The van der Waals surface area contributed by atoms with Crippen molar-refractivity contribution in [2.24, 2.45) is 5.73 Å². The highest BCUT2D eigenvalue weighted by Crippen LogP contribution is 2.25. The van der Waals surface area contributed by atoms with Crippen LogP contribution in [0, 0.1) is 0 Å². The van der Waals surface area contributed by atoms with E-state index in [-0.39, 0.29) is 6.10 Å². The molecule has 1 aliphatic rings. The lowest BCUT2D eigenvalue weighted by Crippen LogP contribution is -2.25. The van der Waals surface area contributed by atoms with Crippen molar-refractivity contribution in [1.29, 1.82) is 0 Å². The maximum absolute atomic E-state index is 6.07. The Bertz CT molecular complexity index is 419. The lowest BCUT2D eigenvalue weighted by molar-refractivity contribution is 0.0256. The maximum atomic E-state index is 6.07. The van der Waals surface area contributed by atoms with E-state index in [2.05, 4.69) is 0 Å². The van der Waals surface area contributed by atoms with Gasteiger partial charge < -0.3 is 15.2 Å². The number of benzene rings is 1. The number of halogens is 1. The molecule has 0 saturated carbocycles. The van der Waals surface area contributed by atoms with Crippen LogP contribution in [0.2, 0.25) is 5.02 Å². The van der Waals surface area contributed by atoms with E-state index in [1.54, 1.807) is 12.1 Å². The van der Waals surface area contributed by atoms with Crippen LogP contribution in [0.15, 0.2) is 18.2 Å². The first-order chi connectivity index (χ1) is 8.16. The van der Waals surface area contributed by atoms with Gasteiger partial charge in [-0.3, -0.25) is 0 Å². The summed E-state index contributed by atoms with van der Waals surface area (Å²) in [7, 11) is 0. The summed E-state index contributed by atoms with van der Waals surface area (Å²) in [6, 6.07) is 5.39. The van der Waals surface area contributed by atoms with E-state index in [4.69, 9.17) is 39.0 Å². The number of nitrogens with two attached hydrogens (primary N) is 1. The quantitative estimate of drug-likeness (QED) is 0.858. The first kappa shape index (κ1) is 12.6. The molecule has 1 heterocycles. The van der Waals surface area contributed by atoms with Gasteiger partial charge in [0.1, 0.15) is 16.8 Å². The van der Waals surface area contributed by atoms with Crippen molar-refractivity contribution in [2.45, 2.75) is 18.9 Å². The number of ether oxygens (including phenoxy) is 2. The number of hydrogen-bond donors (Lipinski definition) is 1. The van der Waals surface area contributed by atoms with E-state index in [0.29, 0.717) is 15.6 Å². The molecule has 0 aromatic heterocycles. The van der Waals surface area contributed by atoms with Crippen molar-refractivity contribution in [3.05, 3.63) is 28.8 Å². The second-order valence-electron chi connectivity index (χ2n) is 3.94. The van der Waals surface area contributed by atoms with Crippen molar-refractivity contribution < 1.29 is 9.47 Å². The van der Waals surface area contributed by atoms with Crippen LogP contribution in [0.25, 0.3) is 0 Å². The van der Waals surface area contributed by atoms with Gasteiger partial charge in [0.05, 0.1) is 18.2 Å². The average molecular weight is 272 g/mol. The third kappa shape index (κ3) is 3.31. The van der Waals surface area contributed by atoms with Crippen molar-refractivity contribution in [3.63, 3.8) is 0 Å². The zero-order chi connectivity index (χ0) is 12.3. The Kier molecular flexibility index (Phi) is 4.20. The van der Waals surface area contributed by atoms with Crippen molar-refractivity contribution in [1.82, 2.24) is 0 Å². The molecule has 0 unspecified atom stereocenters. The molecule has 1 aliphatic heterocycles. The molecule has 17 heavy (non-hydrogen) atoms. The third-order valence-electron chi connectivity index (χ3n) is 2.68. The van der Waals surface area contributed by atoms with Crippen molar-refractivity contribution in [3.8, 4) is 5.75 Å². The maximum Gasteiger partial charge on any atom is 0.121 e. The van der Waals surface area contributed by atoms with E-state index >= 15 is 0 Å². The number of thiocarbonyl (C=S) groups is 1. The van der Waals surface area contributed by atoms with Crippen LogP contribution < -0.4 is 10.5 Å². The smallest absolute Gasteiger partial charge is 0.121 e. The molecule has 1 fully saturated rings. The molecule has 3 nitrogen and oxygen atoms in total. The van der Waals surface area contributed by atoms with Gasteiger partial charge in [-0.05, 0) is 18.2 Å². The van der Waals surface area contributed by atoms with Crippen LogP contribution in [-0.2, 0) is 4.74 Å². The van der Waals surface area contributed by atoms with Crippen molar-refractivity contribution >= 4 is 28.8 Å². The van der Waals surface area contributed by atoms with E-state index in [1.165, 1.54) is 0 Å². The van der Waals surface area contributed by atoms with E-state index in [9.17, 15) is 0 Å². The van der Waals surface area contributed by atoms with Crippen LogP contribution in [0.3, 0.4) is 0 Å². The molecule has 0 aliphatic carbocycles. The van der Waals surface area contributed by atoms with Crippen LogP contribution in [0.5, 0.6) is 5.75 Å². The van der Waals surface area contributed by atoms with Gasteiger partial charge in [-0.2, -0.15) is 0 Å². The van der Waals surface area contributed by atoms with Gasteiger partial charge in [0, 0.05) is 18.4 Å². The third-order valence-corrected chi connectivity index (χ3v) is 3.21. The van der Waals surface area contributed by atoms with Gasteiger partial charge in [-0.15, -0.1) is 0 Å².